The Morgan fingerprint density at radius 1 is 1.55 bits per heavy atom. The van der Waals surface area contributed by atoms with Gasteiger partial charge >= 0.3 is 0 Å². The molecule has 1 aliphatic carbocycles. The van der Waals surface area contributed by atoms with Crippen molar-refractivity contribution < 1.29 is 13.2 Å². The van der Waals surface area contributed by atoms with E-state index in [0.29, 0.717) is 28.7 Å². The zero-order chi connectivity index (χ0) is 14.8. The molecule has 0 atom stereocenters. The second-order valence-corrected chi connectivity index (χ2v) is 9.56. The van der Waals surface area contributed by atoms with Crippen molar-refractivity contribution in [2.75, 3.05) is 26.8 Å². The van der Waals surface area contributed by atoms with E-state index in [0.717, 1.165) is 11.5 Å². The van der Waals surface area contributed by atoms with Crippen LogP contribution in [0.5, 0.6) is 0 Å². The summed E-state index contributed by atoms with van der Waals surface area (Å²) < 4.78 is 32.3. The predicted octanol–water partition coefficient (Wildman–Crippen LogP) is 3.30. The van der Waals surface area contributed by atoms with Gasteiger partial charge in [-0.3, -0.25) is 0 Å². The molecule has 0 unspecified atom stereocenters. The second-order valence-electron chi connectivity index (χ2n) is 4.83. The maximum absolute atomic E-state index is 12.4. The number of nitrogens with zero attached hydrogens (tertiary/aromatic N) is 1. The average molecular weight is 403 g/mol. The number of thiophene rings is 1. The summed E-state index contributed by atoms with van der Waals surface area (Å²) in [4.78, 5) is 1.11. The molecule has 1 saturated carbocycles. The van der Waals surface area contributed by atoms with Gasteiger partial charge in [-0.15, -0.1) is 22.9 Å². The first-order valence-electron chi connectivity index (χ1n) is 6.33. The lowest BCUT2D eigenvalue weighted by molar-refractivity contribution is 0.117. The number of ether oxygens (including phenoxy) is 1. The van der Waals surface area contributed by atoms with Crippen molar-refractivity contribution in [1.29, 1.82) is 0 Å². The molecule has 0 amide bonds. The van der Waals surface area contributed by atoms with Gasteiger partial charge in [0.2, 0.25) is 10.0 Å². The Labute approximate surface area is 137 Å². The first kappa shape index (κ1) is 16.7. The summed E-state index contributed by atoms with van der Waals surface area (Å²) in [5, 5.41) is 0. The van der Waals surface area contributed by atoms with Gasteiger partial charge in [-0.1, -0.05) is 0 Å². The fourth-order valence-electron chi connectivity index (χ4n) is 1.66. The monoisotopic (exact) mass is 401 g/mol. The number of alkyl halides is 1. The molecular formula is C12H17BrClNO3S2. The van der Waals surface area contributed by atoms with E-state index in [4.69, 9.17) is 16.3 Å². The molecule has 1 aromatic heterocycles. The molecule has 1 aliphatic rings. The zero-order valence-corrected chi connectivity index (χ0v) is 15.1. The fourth-order valence-corrected chi connectivity index (χ4v) is 5.53. The van der Waals surface area contributed by atoms with Gasteiger partial charge in [-0.25, -0.2) is 8.42 Å². The van der Waals surface area contributed by atoms with Crippen LogP contribution < -0.4 is 0 Å². The first-order valence-corrected chi connectivity index (χ1v) is 9.92. The highest BCUT2D eigenvalue weighted by Crippen LogP contribution is 2.34. The normalized spacial score (nSPS) is 16.0. The molecule has 0 bridgehead atoms. The van der Waals surface area contributed by atoms with Gasteiger partial charge in [0.05, 0.1) is 16.3 Å². The van der Waals surface area contributed by atoms with Crippen molar-refractivity contribution in [2.24, 2.45) is 5.92 Å². The standard InChI is InChI=1S/C12H17BrClNO3S2/c1-15(4-5-18-8-9-2-3-9)20(16,17)11-6-10(7-14)19-12(11)13/h6,9H,2-5,7-8H2,1H3. The Kier molecular flexibility index (Phi) is 5.90. The lowest BCUT2D eigenvalue weighted by Crippen LogP contribution is -2.30. The van der Waals surface area contributed by atoms with E-state index in [1.807, 2.05) is 0 Å². The van der Waals surface area contributed by atoms with E-state index in [2.05, 4.69) is 15.9 Å². The molecule has 8 heteroatoms. The number of hydrogen-bond donors (Lipinski definition) is 0. The van der Waals surface area contributed by atoms with Crippen LogP contribution in [0.15, 0.2) is 14.7 Å². The van der Waals surface area contributed by atoms with Crippen LogP contribution >= 0.6 is 38.9 Å². The van der Waals surface area contributed by atoms with Crippen molar-refractivity contribution >= 4 is 48.9 Å². The predicted molar refractivity (Wildman–Crippen MR) is 84.9 cm³/mol. The van der Waals surface area contributed by atoms with Gasteiger partial charge in [0.1, 0.15) is 4.90 Å². The SMILES string of the molecule is CN(CCOCC1CC1)S(=O)(=O)c1cc(CCl)sc1Br. The Morgan fingerprint density at radius 3 is 2.80 bits per heavy atom. The Hall–Kier alpha value is 0.340. The van der Waals surface area contributed by atoms with E-state index in [1.54, 1.807) is 13.1 Å². The van der Waals surface area contributed by atoms with Crippen LogP contribution in [-0.4, -0.2) is 39.5 Å². The molecule has 1 heterocycles. The van der Waals surface area contributed by atoms with Crippen LogP contribution in [0.4, 0.5) is 0 Å². The summed E-state index contributed by atoms with van der Waals surface area (Å²) in [5.41, 5.74) is 0. The summed E-state index contributed by atoms with van der Waals surface area (Å²) >= 11 is 10.4. The van der Waals surface area contributed by atoms with E-state index in [1.165, 1.54) is 28.5 Å². The minimum absolute atomic E-state index is 0.280. The molecule has 4 nitrogen and oxygen atoms in total. The number of rotatable bonds is 8. The first-order chi connectivity index (χ1) is 9.45. The third-order valence-electron chi connectivity index (χ3n) is 3.13. The molecule has 1 aromatic rings. The van der Waals surface area contributed by atoms with Crippen molar-refractivity contribution in [3.63, 3.8) is 0 Å². The summed E-state index contributed by atoms with van der Waals surface area (Å²) in [7, 11) is -1.92. The Bertz CT molecular complexity index is 557. The van der Waals surface area contributed by atoms with Gasteiger partial charge in [0.15, 0.2) is 0 Å². The van der Waals surface area contributed by atoms with Crippen LogP contribution in [-0.2, 0) is 20.6 Å². The average Bonchev–Trinajstić information content (AvgIpc) is 3.15. The molecule has 1 fully saturated rings. The van der Waals surface area contributed by atoms with Crippen molar-refractivity contribution in [3.05, 3.63) is 14.7 Å². The van der Waals surface area contributed by atoms with E-state index in [9.17, 15) is 8.42 Å². The topological polar surface area (TPSA) is 46.6 Å². The quantitative estimate of drug-likeness (QED) is 0.495. The summed E-state index contributed by atoms with van der Waals surface area (Å²) in [6.07, 6.45) is 2.47. The van der Waals surface area contributed by atoms with E-state index >= 15 is 0 Å². The molecule has 0 aliphatic heterocycles. The zero-order valence-electron chi connectivity index (χ0n) is 11.1. The molecule has 0 aromatic carbocycles. The number of halogens is 2. The van der Waals surface area contributed by atoms with E-state index in [-0.39, 0.29) is 4.90 Å². The molecule has 0 saturated heterocycles. The third kappa shape index (κ3) is 4.18. The van der Waals surface area contributed by atoms with Gasteiger partial charge in [-0.05, 0) is 40.8 Å². The molecule has 0 radical (unpaired) electrons. The Morgan fingerprint density at radius 2 is 2.25 bits per heavy atom. The minimum Gasteiger partial charge on any atom is -0.380 e. The number of sulfonamides is 1. The Balaban J connectivity index is 1.94. The molecule has 114 valence electrons. The van der Waals surface area contributed by atoms with Crippen LogP contribution in [0.25, 0.3) is 0 Å². The fraction of sp³-hybridized carbons (Fsp3) is 0.667. The van der Waals surface area contributed by atoms with Gasteiger partial charge < -0.3 is 4.74 Å². The van der Waals surface area contributed by atoms with Crippen molar-refractivity contribution in [2.45, 2.75) is 23.6 Å². The van der Waals surface area contributed by atoms with Crippen LogP contribution in [0, 0.1) is 5.92 Å². The van der Waals surface area contributed by atoms with Crippen LogP contribution in [0.1, 0.15) is 17.7 Å². The van der Waals surface area contributed by atoms with Crippen LogP contribution in [0.3, 0.4) is 0 Å². The lowest BCUT2D eigenvalue weighted by Gasteiger charge is -2.16. The number of likely N-dealkylation sites (N-methyl/N-ethyl adjacent to an activating group) is 1. The molecular weight excluding hydrogens is 386 g/mol. The smallest absolute Gasteiger partial charge is 0.244 e. The summed E-state index contributed by atoms with van der Waals surface area (Å²) in [6.45, 7) is 1.52. The highest BCUT2D eigenvalue weighted by molar-refractivity contribution is 9.11. The maximum Gasteiger partial charge on any atom is 0.244 e. The largest absolute Gasteiger partial charge is 0.380 e. The third-order valence-corrected chi connectivity index (χ3v) is 7.68. The van der Waals surface area contributed by atoms with Crippen molar-refractivity contribution in [3.8, 4) is 0 Å². The lowest BCUT2D eigenvalue weighted by atomic mass is 10.5. The van der Waals surface area contributed by atoms with Gasteiger partial charge in [-0.2, -0.15) is 4.31 Å². The molecule has 0 N–H and O–H groups in total. The van der Waals surface area contributed by atoms with Gasteiger partial charge in [0, 0.05) is 25.1 Å². The van der Waals surface area contributed by atoms with E-state index < -0.39 is 10.0 Å². The summed E-state index contributed by atoms with van der Waals surface area (Å²) in [5.74, 6) is 1.00. The van der Waals surface area contributed by atoms with Gasteiger partial charge in [0.25, 0.3) is 0 Å². The van der Waals surface area contributed by atoms with Crippen LogP contribution in [0.2, 0.25) is 0 Å². The molecule has 20 heavy (non-hydrogen) atoms. The minimum atomic E-state index is -3.49. The summed E-state index contributed by atoms with van der Waals surface area (Å²) in [6, 6.07) is 1.62. The van der Waals surface area contributed by atoms with Crippen molar-refractivity contribution in [1.82, 2.24) is 4.31 Å². The molecule has 2 rings (SSSR count). The molecule has 0 spiro atoms. The highest BCUT2D eigenvalue weighted by Gasteiger charge is 2.26. The maximum atomic E-state index is 12.4. The highest BCUT2D eigenvalue weighted by atomic mass is 79.9. The second kappa shape index (κ2) is 7.07. The number of hydrogen-bond acceptors (Lipinski definition) is 4.